The zero-order valence-electron chi connectivity index (χ0n) is 13.9. The Labute approximate surface area is 145 Å². The van der Waals surface area contributed by atoms with E-state index in [0.29, 0.717) is 18.3 Å². The summed E-state index contributed by atoms with van der Waals surface area (Å²) in [5.74, 6) is 1.72. The van der Waals surface area contributed by atoms with E-state index in [-0.39, 0.29) is 5.82 Å². The highest BCUT2D eigenvalue weighted by Gasteiger charge is 2.04. The Bertz CT molecular complexity index is 824. The molecule has 0 aliphatic rings. The lowest BCUT2D eigenvalue weighted by atomic mass is 10.1. The van der Waals surface area contributed by atoms with E-state index in [2.05, 4.69) is 20.6 Å². The number of aromatic nitrogens is 2. The molecular weight excluding hydrogens is 319 g/mol. The number of anilines is 3. The van der Waals surface area contributed by atoms with Crippen LogP contribution >= 0.6 is 0 Å². The highest BCUT2D eigenvalue weighted by molar-refractivity contribution is 5.64. The zero-order valence-corrected chi connectivity index (χ0v) is 13.9. The topological polar surface area (TPSA) is 59.1 Å². The summed E-state index contributed by atoms with van der Waals surface area (Å²) in [4.78, 5) is 8.66. The molecule has 0 atom stereocenters. The van der Waals surface area contributed by atoms with Gasteiger partial charge in [0.05, 0.1) is 12.8 Å². The second-order valence-electron chi connectivity index (χ2n) is 5.39. The van der Waals surface area contributed by atoms with Crippen LogP contribution in [-0.2, 0) is 6.42 Å². The standard InChI is InChI=1S/C19H19FN4O/c1-25-17-5-3-2-4-16(17)23-18-11-13-22-19(24-18)21-12-10-14-6-8-15(20)9-7-14/h2-9,11,13H,10,12H2,1H3,(H2,21,22,23,24). The Hall–Kier alpha value is -3.15. The van der Waals surface area contributed by atoms with Crippen LogP contribution in [-0.4, -0.2) is 23.6 Å². The van der Waals surface area contributed by atoms with Crippen LogP contribution in [0.5, 0.6) is 5.75 Å². The molecule has 2 aromatic carbocycles. The maximum absolute atomic E-state index is 12.9. The van der Waals surface area contributed by atoms with Gasteiger partial charge < -0.3 is 15.4 Å². The lowest BCUT2D eigenvalue weighted by Gasteiger charge is -2.11. The summed E-state index contributed by atoms with van der Waals surface area (Å²) in [6, 6.07) is 15.9. The number of rotatable bonds is 7. The van der Waals surface area contributed by atoms with Crippen molar-refractivity contribution in [1.82, 2.24) is 9.97 Å². The lowest BCUT2D eigenvalue weighted by molar-refractivity contribution is 0.417. The van der Waals surface area contributed by atoms with E-state index >= 15 is 0 Å². The number of methoxy groups -OCH3 is 1. The van der Waals surface area contributed by atoms with E-state index in [4.69, 9.17) is 4.74 Å². The number of nitrogens with zero attached hydrogens (tertiary/aromatic N) is 2. The first-order valence-corrected chi connectivity index (χ1v) is 7.96. The number of hydrogen-bond acceptors (Lipinski definition) is 5. The van der Waals surface area contributed by atoms with Crippen LogP contribution < -0.4 is 15.4 Å². The Morgan fingerprint density at radius 1 is 1.04 bits per heavy atom. The van der Waals surface area contributed by atoms with Crippen molar-refractivity contribution < 1.29 is 9.13 Å². The fraction of sp³-hybridized carbons (Fsp3) is 0.158. The predicted octanol–water partition coefficient (Wildman–Crippen LogP) is 4.02. The summed E-state index contributed by atoms with van der Waals surface area (Å²) in [7, 11) is 1.63. The van der Waals surface area contributed by atoms with Gasteiger partial charge in [-0.2, -0.15) is 4.98 Å². The molecule has 0 aliphatic carbocycles. The average molecular weight is 338 g/mol. The number of nitrogens with one attached hydrogen (secondary N) is 2. The van der Waals surface area contributed by atoms with Crippen LogP contribution in [0.3, 0.4) is 0 Å². The first-order valence-electron chi connectivity index (χ1n) is 7.96. The smallest absolute Gasteiger partial charge is 0.224 e. The van der Waals surface area contributed by atoms with Gasteiger partial charge in [0.25, 0.3) is 0 Å². The van der Waals surface area contributed by atoms with Crippen LogP contribution in [0, 0.1) is 5.82 Å². The van der Waals surface area contributed by atoms with Gasteiger partial charge in [-0.15, -0.1) is 0 Å². The molecule has 0 radical (unpaired) electrons. The number of ether oxygens (including phenoxy) is 1. The molecule has 1 aromatic heterocycles. The third-order valence-corrected chi connectivity index (χ3v) is 3.64. The quantitative estimate of drug-likeness (QED) is 0.681. The fourth-order valence-corrected chi connectivity index (χ4v) is 2.37. The first-order chi connectivity index (χ1) is 12.2. The van der Waals surface area contributed by atoms with Crippen LogP contribution in [0.4, 0.5) is 21.8 Å². The molecule has 0 bridgehead atoms. The van der Waals surface area contributed by atoms with E-state index in [0.717, 1.165) is 23.4 Å². The fourth-order valence-electron chi connectivity index (χ4n) is 2.37. The van der Waals surface area contributed by atoms with Gasteiger partial charge in [-0.25, -0.2) is 9.37 Å². The van der Waals surface area contributed by atoms with Gasteiger partial charge in [-0.3, -0.25) is 0 Å². The van der Waals surface area contributed by atoms with Crippen molar-refractivity contribution in [2.75, 3.05) is 24.3 Å². The van der Waals surface area contributed by atoms with Gasteiger partial charge in [0.1, 0.15) is 17.4 Å². The molecule has 0 amide bonds. The SMILES string of the molecule is COc1ccccc1Nc1ccnc(NCCc2ccc(F)cc2)n1. The van der Waals surface area contributed by atoms with Crippen molar-refractivity contribution in [1.29, 1.82) is 0 Å². The van der Waals surface area contributed by atoms with Crippen molar-refractivity contribution in [3.8, 4) is 5.75 Å². The van der Waals surface area contributed by atoms with Gasteiger partial charge in [-0.1, -0.05) is 24.3 Å². The predicted molar refractivity (Wildman–Crippen MR) is 96.9 cm³/mol. The molecule has 25 heavy (non-hydrogen) atoms. The molecule has 2 N–H and O–H groups in total. The lowest BCUT2D eigenvalue weighted by Crippen LogP contribution is -2.08. The number of hydrogen-bond donors (Lipinski definition) is 2. The summed E-state index contributed by atoms with van der Waals surface area (Å²) in [5.41, 5.74) is 1.89. The molecule has 1 heterocycles. The third-order valence-electron chi connectivity index (χ3n) is 3.64. The van der Waals surface area contributed by atoms with E-state index < -0.39 is 0 Å². The molecule has 0 aliphatic heterocycles. The minimum atomic E-state index is -0.227. The van der Waals surface area contributed by atoms with Crippen molar-refractivity contribution in [3.05, 3.63) is 72.2 Å². The molecule has 6 heteroatoms. The summed E-state index contributed by atoms with van der Waals surface area (Å²) in [6.07, 6.45) is 2.44. The summed E-state index contributed by atoms with van der Waals surface area (Å²) >= 11 is 0. The van der Waals surface area contributed by atoms with E-state index in [1.165, 1.54) is 12.1 Å². The van der Waals surface area contributed by atoms with Crippen molar-refractivity contribution in [2.45, 2.75) is 6.42 Å². The van der Waals surface area contributed by atoms with Gasteiger partial charge in [0.15, 0.2) is 0 Å². The first kappa shape index (κ1) is 16.7. The molecule has 5 nitrogen and oxygen atoms in total. The van der Waals surface area contributed by atoms with Crippen molar-refractivity contribution in [3.63, 3.8) is 0 Å². The van der Waals surface area contributed by atoms with E-state index in [1.807, 2.05) is 24.3 Å². The zero-order chi connectivity index (χ0) is 17.5. The second-order valence-corrected chi connectivity index (χ2v) is 5.39. The van der Waals surface area contributed by atoms with Gasteiger partial charge in [-0.05, 0) is 42.3 Å². The van der Waals surface area contributed by atoms with Crippen LogP contribution in [0.25, 0.3) is 0 Å². The summed E-state index contributed by atoms with van der Waals surface area (Å²) in [5, 5.41) is 6.40. The number of para-hydroxylation sites is 2. The maximum atomic E-state index is 12.9. The molecule has 3 aromatic rings. The monoisotopic (exact) mass is 338 g/mol. The molecule has 3 rings (SSSR count). The molecule has 0 saturated heterocycles. The van der Waals surface area contributed by atoms with Gasteiger partial charge in [0, 0.05) is 12.7 Å². The third kappa shape index (κ3) is 4.67. The van der Waals surface area contributed by atoms with Crippen LogP contribution in [0.2, 0.25) is 0 Å². The average Bonchev–Trinajstić information content (AvgIpc) is 2.64. The second kappa shape index (κ2) is 8.10. The summed E-state index contributed by atoms with van der Waals surface area (Å²) in [6.45, 7) is 0.656. The Morgan fingerprint density at radius 3 is 2.64 bits per heavy atom. The van der Waals surface area contributed by atoms with Crippen LogP contribution in [0.15, 0.2) is 60.8 Å². The van der Waals surface area contributed by atoms with Gasteiger partial charge in [0.2, 0.25) is 5.95 Å². The number of benzene rings is 2. The molecule has 0 unspecified atom stereocenters. The Balaban J connectivity index is 1.60. The van der Waals surface area contributed by atoms with Crippen molar-refractivity contribution >= 4 is 17.5 Å². The molecule has 128 valence electrons. The molecule has 0 spiro atoms. The number of halogens is 1. The molecule has 0 fully saturated rings. The van der Waals surface area contributed by atoms with Gasteiger partial charge >= 0.3 is 0 Å². The molecular formula is C19H19FN4O. The Morgan fingerprint density at radius 2 is 1.84 bits per heavy atom. The minimum Gasteiger partial charge on any atom is -0.495 e. The van der Waals surface area contributed by atoms with E-state index in [9.17, 15) is 4.39 Å². The maximum Gasteiger partial charge on any atom is 0.224 e. The van der Waals surface area contributed by atoms with Crippen molar-refractivity contribution in [2.24, 2.45) is 0 Å². The Kier molecular flexibility index (Phi) is 5.41. The summed E-state index contributed by atoms with van der Waals surface area (Å²) < 4.78 is 18.2. The normalized spacial score (nSPS) is 10.3. The highest BCUT2D eigenvalue weighted by atomic mass is 19.1. The minimum absolute atomic E-state index is 0.227. The van der Waals surface area contributed by atoms with Crippen LogP contribution in [0.1, 0.15) is 5.56 Å². The molecule has 0 saturated carbocycles. The largest absolute Gasteiger partial charge is 0.495 e. The van der Waals surface area contributed by atoms with E-state index in [1.54, 1.807) is 31.5 Å². The highest BCUT2D eigenvalue weighted by Crippen LogP contribution is 2.26.